The molecule has 6 heteroatoms. The van der Waals surface area contributed by atoms with Crippen molar-refractivity contribution < 1.29 is 9.13 Å². The maximum absolute atomic E-state index is 13.9. The summed E-state index contributed by atoms with van der Waals surface area (Å²) in [5, 5.41) is 0.334. The first-order valence-corrected chi connectivity index (χ1v) is 5.93. The first-order valence-electron chi connectivity index (χ1n) is 5.55. The molecule has 1 heterocycles. The first kappa shape index (κ1) is 13.7. The summed E-state index contributed by atoms with van der Waals surface area (Å²) in [6.07, 6.45) is 3.16. The van der Waals surface area contributed by atoms with Gasteiger partial charge in [0.15, 0.2) is 0 Å². The van der Waals surface area contributed by atoms with E-state index in [1.165, 1.54) is 13.2 Å². The zero-order valence-electron chi connectivity index (χ0n) is 10.2. The number of nitrogens with two attached hydrogens (primary N) is 1. The molecule has 0 bridgehead atoms. The largest absolute Gasteiger partial charge is 0.495 e. The fraction of sp³-hybridized carbons (Fsp3) is 0.154. The molecule has 1 atom stereocenters. The van der Waals surface area contributed by atoms with Gasteiger partial charge in [-0.15, -0.1) is 0 Å². The van der Waals surface area contributed by atoms with Crippen molar-refractivity contribution in [1.29, 1.82) is 0 Å². The molecule has 0 radical (unpaired) electrons. The molecule has 3 N–H and O–H groups in total. The summed E-state index contributed by atoms with van der Waals surface area (Å²) < 4.78 is 19.0. The van der Waals surface area contributed by atoms with Gasteiger partial charge >= 0.3 is 0 Å². The summed E-state index contributed by atoms with van der Waals surface area (Å²) in [6, 6.07) is 5.65. The van der Waals surface area contributed by atoms with Gasteiger partial charge < -0.3 is 4.74 Å². The smallest absolute Gasteiger partial charge is 0.137 e. The number of benzene rings is 1. The molecule has 0 aliphatic rings. The van der Waals surface area contributed by atoms with Gasteiger partial charge in [0.05, 0.1) is 19.3 Å². The predicted octanol–water partition coefficient (Wildman–Crippen LogP) is 2.44. The summed E-state index contributed by atoms with van der Waals surface area (Å²) in [6.45, 7) is 0. The monoisotopic (exact) mass is 281 g/mol. The number of rotatable bonds is 4. The third-order valence-corrected chi connectivity index (χ3v) is 2.98. The molecule has 0 aliphatic carbocycles. The number of halogens is 2. The zero-order valence-corrected chi connectivity index (χ0v) is 11.0. The number of methoxy groups -OCH3 is 1. The van der Waals surface area contributed by atoms with E-state index in [9.17, 15) is 4.39 Å². The van der Waals surface area contributed by atoms with Gasteiger partial charge in [0, 0.05) is 16.8 Å². The Morgan fingerprint density at radius 3 is 2.79 bits per heavy atom. The molecule has 2 aromatic rings. The molecule has 100 valence electrons. The maximum atomic E-state index is 13.9. The number of aromatic nitrogens is 1. The Hall–Kier alpha value is -1.69. The van der Waals surface area contributed by atoms with Crippen molar-refractivity contribution in [2.75, 3.05) is 7.11 Å². The molecule has 0 amide bonds. The van der Waals surface area contributed by atoms with Crippen molar-refractivity contribution >= 4 is 11.6 Å². The Labute approximate surface area is 115 Å². The molecule has 1 aromatic heterocycles. The molecule has 0 fully saturated rings. The Bertz CT molecular complexity index is 580. The number of ether oxygens (including phenoxy) is 1. The number of hydrazine groups is 1. The van der Waals surface area contributed by atoms with Gasteiger partial charge in [0.2, 0.25) is 0 Å². The fourth-order valence-electron chi connectivity index (χ4n) is 1.81. The summed E-state index contributed by atoms with van der Waals surface area (Å²) in [4.78, 5) is 4.03. The molecule has 0 spiro atoms. The standard InChI is InChI=1S/C13H13ClFN3O/c1-19-10-4-8(6-17-7-10)13(18-16)11-3-2-9(14)5-12(11)15/h2-7,13,18H,16H2,1H3. The van der Waals surface area contributed by atoms with Gasteiger partial charge in [-0.1, -0.05) is 17.7 Å². The van der Waals surface area contributed by atoms with Crippen LogP contribution in [0, 0.1) is 5.82 Å². The minimum Gasteiger partial charge on any atom is -0.495 e. The van der Waals surface area contributed by atoms with Crippen LogP contribution in [0.2, 0.25) is 5.02 Å². The van der Waals surface area contributed by atoms with Gasteiger partial charge in [0.1, 0.15) is 11.6 Å². The Kier molecular flexibility index (Phi) is 4.31. The van der Waals surface area contributed by atoms with Gasteiger partial charge in [-0.3, -0.25) is 10.8 Å². The molecule has 19 heavy (non-hydrogen) atoms. The van der Waals surface area contributed by atoms with E-state index in [1.54, 1.807) is 30.6 Å². The third kappa shape index (κ3) is 3.01. The number of nitrogens with one attached hydrogen (secondary N) is 1. The van der Waals surface area contributed by atoms with Crippen LogP contribution >= 0.6 is 11.6 Å². The molecule has 0 saturated heterocycles. The highest BCUT2D eigenvalue weighted by Gasteiger charge is 2.17. The highest BCUT2D eigenvalue weighted by Crippen LogP contribution is 2.27. The Morgan fingerprint density at radius 2 is 2.16 bits per heavy atom. The van der Waals surface area contributed by atoms with Gasteiger partial charge in [-0.05, 0) is 23.8 Å². The molecule has 0 aliphatic heterocycles. The van der Waals surface area contributed by atoms with Gasteiger partial charge in [-0.2, -0.15) is 0 Å². The molecule has 0 saturated carbocycles. The molecular formula is C13H13ClFN3O. The number of hydrogen-bond acceptors (Lipinski definition) is 4. The molecule has 1 aromatic carbocycles. The minimum atomic E-state index is -0.528. The summed E-state index contributed by atoms with van der Waals surface area (Å²) in [7, 11) is 1.54. The summed E-state index contributed by atoms with van der Waals surface area (Å²) in [5.74, 6) is 5.66. The van der Waals surface area contributed by atoms with Crippen molar-refractivity contribution in [3.63, 3.8) is 0 Å². The molecule has 2 rings (SSSR count). The van der Waals surface area contributed by atoms with Crippen LogP contribution in [0.3, 0.4) is 0 Å². The Balaban J connectivity index is 2.43. The lowest BCUT2D eigenvalue weighted by Crippen LogP contribution is -2.29. The topological polar surface area (TPSA) is 60.2 Å². The lowest BCUT2D eigenvalue weighted by molar-refractivity contribution is 0.411. The second kappa shape index (κ2) is 5.97. The van der Waals surface area contributed by atoms with Gasteiger partial charge in [-0.25, -0.2) is 9.82 Å². The van der Waals surface area contributed by atoms with Crippen LogP contribution in [0.25, 0.3) is 0 Å². The molecule has 1 unspecified atom stereocenters. The third-order valence-electron chi connectivity index (χ3n) is 2.74. The van der Waals surface area contributed by atoms with E-state index in [1.807, 2.05) is 0 Å². The highest BCUT2D eigenvalue weighted by atomic mass is 35.5. The van der Waals surface area contributed by atoms with Crippen molar-refractivity contribution in [2.24, 2.45) is 5.84 Å². The number of hydrogen-bond donors (Lipinski definition) is 2. The van der Waals surface area contributed by atoms with Crippen molar-refractivity contribution in [1.82, 2.24) is 10.4 Å². The normalized spacial score (nSPS) is 12.2. The van der Waals surface area contributed by atoms with Crippen molar-refractivity contribution in [3.05, 3.63) is 58.6 Å². The lowest BCUT2D eigenvalue weighted by atomic mass is 10.0. The van der Waals surface area contributed by atoms with Crippen molar-refractivity contribution in [3.8, 4) is 5.75 Å². The number of nitrogens with zero attached hydrogens (tertiary/aromatic N) is 1. The van der Waals surface area contributed by atoms with Crippen LogP contribution in [0.1, 0.15) is 17.2 Å². The predicted molar refractivity (Wildman–Crippen MR) is 71.4 cm³/mol. The van der Waals surface area contributed by atoms with Crippen LogP contribution in [0.15, 0.2) is 36.7 Å². The van der Waals surface area contributed by atoms with E-state index in [0.29, 0.717) is 21.9 Å². The average molecular weight is 282 g/mol. The van der Waals surface area contributed by atoms with E-state index >= 15 is 0 Å². The van der Waals surface area contributed by atoms with Crippen LogP contribution in [0.5, 0.6) is 5.75 Å². The van der Waals surface area contributed by atoms with Crippen LogP contribution in [-0.2, 0) is 0 Å². The average Bonchev–Trinajstić information content (AvgIpc) is 2.42. The first-order chi connectivity index (χ1) is 9.15. The van der Waals surface area contributed by atoms with Gasteiger partial charge in [0.25, 0.3) is 0 Å². The summed E-state index contributed by atoms with van der Waals surface area (Å²) in [5.41, 5.74) is 3.66. The second-order valence-corrected chi connectivity index (χ2v) is 4.36. The van der Waals surface area contributed by atoms with E-state index in [-0.39, 0.29) is 0 Å². The highest BCUT2D eigenvalue weighted by molar-refractivity contribution is 6.30. The lowest BCUT2D eigenvalue weighted by Gasteiger charge is -2.17. The van der Waals surface area contributed by atoms with E-state index < -0.39 is 11.9 Å². The minimum absolute atomic E-state index is 0.334. The van der Waals surface area contributed by atoms with Crippen LogP contribution < -0.4 is 16.0 Å². The van der Waals surface area contributed by atoms with E-state index in [4.69, 9.17) is 22.2 Å². The quantitative estimate of drug-likeness (QED) is 0.667. The van der Waals surface area contributed by atoms with E-state index in [2.05, 4.69) is 10.4 Å². The maximum Gasteiger partial charge on any atom is 0.137 e. The van der Waals surface area contributed by atoms with Crippen molar-refractivity contribution in [2.45, 2.75) is 6.04 Å². The molecular weight excluding hydrogens is 269 g/mol. The number of pyridine rings is 1. The summed E-state index contributed by atoms with van der Waals surface area (Å²) >= 11 is 5.73. The zero-order chi connectivity index (χ0) is 13.8. The van der Waals surface area contributed by atoms with E-state index in [0.717, 1.165) is 0 Å². The SMILES string of the molecule is COc1cncc(C(NN)c2ccc(Cl)cc2F)c1. The Morgan fingerprint density at radius 1 is 1.37 bits per heavy atom. The van der Waals surface area contributed by atoms with Crippen LogP contribution in [-0.4, -0.2) is 12.1 Å². The second-order valence-electron chi connectivity index (χ2n) is 3.92. The van der Waals surface area contributed by atoms with Crippen LogP contribution in [0.4, 0.5) is 4.39 Å². The molecule has 4 nitrogen and oxygen atoms in total. The fourth-order valence-corrected chi connectivity index (χ4v) is 1.97.